The van der Waals surface area contributed by atoms with E-state index >= 15 is 0 Å². The molecular weight excluding hydrogens is 391 g/mol. The molecule has 2 unspecified atom stereocenters. The van der Waals surface area contributed by atoms with Gasteiger partial charge in [0.25, 0.3) is 5.91 Å². The third-order valence-electron chi connectivity index (χ3n) is 5.04. The average molecular weight is 417 g/mol. The Morgan fingerprint density at radius 3 is 2.66 bits per heavy atom. The monoisotopic (exact) mass is 417 g/mol. The van der Waals surface area contributed by atoms with E-state index in [2.05, 4.69) is 16.0 Å². The molecule has 2 saturated heterocycles. The predicted octanol–water partition coefficient (Wildman–Crippen LogP) is 2.17. The van der Waals surface area contributed by atoms with Gasteiger partial charge in [0.05, 0.1) is 6.61 Å². The Kier molecular flexibility index (Phi) is 7.59. The number of alkyl halides is 3. The maximum Gasteiger partial charge on any atom is 0.490 e. The van der Waals surface area contributed by atoms with Crippen molar-refractivity contribution in [1.29, 1.82) is 0 Å². The van der Waals surface area contributed by atoms with E-state index in [-0.39, 0.29) is 17.4 Å². The van der Waals surface area contributed by atoms with Crippen LogP contribution in [0.5, 0.6) is 0 Å². The number of carbonyl (C=O) groups excluding carboxylic acids is 1. The highest BCUT2D eigenvalue weighted by molar-refractivity contribution is 5.80. The minimum absolute atomic E-state index is 0.0984. The molecule has 2 fully saturated rings. The van der Waals surface area contributed by atoms with Crippen LogP contribution in [-0.4, -0.2) is 77.8 Å². The zero-order valence-corrected chi connectivity index (χ0v) is 16.5. The van der Waals surface area contributed by atoms with Gasteiger partial charge < -0.3 is 14.7 Å². The lowest BCUT2D eigenvalue weighted by Gasteiger charge is -2.39. The summed E-state index contributed by atoms with van der Waals surface area (Å²) >= 11 is 0. The summed E-state index contributed by atoms with van der Waals surface area (Å²) in [5, 5.41) is 7.12. The van der Waals surface area contributed by atoms with Gasteiger partial charge in [-0.05, 0) is 37.4 Å². The van der Waals surface area contributed by atoms with Gasteiger partial charge in [0.15, 0.2) is 0 Å². The lowest BCUT2D eigenvalue weighted by Crippen LogP contribution is -2.44. The van der Waals surface area contributed by atoms with Crippen molar-refractivity contribution >= 4 is 11.9 Å². The number of rotatable bonds is 3. The number of carboxylic acid groups (broad SMARTS) is 1. The fourth-order valence-electron chi connectivity index (χ4n) is 3.71. The maximum absolute atomic E-state index is 12.1. The second-order valence-electron chi connectivity index (χ2n) is 7.71. The van der Waals surface area contributed by atoms with Crippen molar-refractivity contribution in [2.45, 2.75) is 38.1 Å². The Morgan fingerprint density at radius 1 is 1.41 bits per heavy atom. The number of likely N-dealkylation sites (N-methyl/N-ethyl adjacent to an activating group) is 1. The van der Waals surface area contributed by atoms with Crippen LogP contribution in [0, 0.1) is 5.41 Å². The van der Waals surface area contributed by atoms with E-state index in [1.165, 1.54) is 12.0 Å². The van der Waals surface area contributed by atoms with Gasteiger partial charge in [0, 0.05) is 45.0 Å². The van der Waals surface area contributed by atoms with Crippen LogP contribution in [0.3, 0.4) is 0 Å². The van der Waals surface area contributed by atoms with Crippen LogP contribution >= 0.6 is 0 Å². The second kappa shape index (κ2) is 9.53. The van der Waals surface area contributed by atoms with Crippen molar-refractivity contribution in [1.82, 2.24) is 14.8 Å². The summed E-state index contributed by atoms with van der Waals surface area (Å²) in [7, 11) is 3.60. The Balaban J connectivity index is 0.000000370. The molecule has 1 aromatic rings. The SMILES string of the molecule is CN(C)C(=O)C1CC2(CCCN(Cc3cccnc3)C2)CO1.O=C(O)C(F)(F)F. The molecule has 1 N–H and O–H groups in total. The summed E-state index contributed by atoms with van der Waals surface area (Å²) in [5.74, 6) is -2.66. The highest BCUT2D eigenvalue weighted by atomic mass is 19.4. The number of carbonyl (C=O) groups is 2. The normalized spacial score (nSPS) is 24.7. The quantitative estimate of drug-likeness (QED) is 0.812. The lowest BCUT2D eigenvalue weighted by molar-refractivity contribution is -0.192. The largest absolute Gasteiger partial charge is 0.490 e. The molecule has 0 aliphatic carbocycles. The van der Waals surface area contributed by atoms with Crippen molar-refractivity contribution in [2.75, 3.05) is 33.8 Å². The number of aromatic nitrogens is 1. The molecule has 10 heteroatoms. The van der Waals surface area contributed by atoms with Crippen molar-refractivity contribution in [3.8, 4) is 0 Å². The zero-order valence-electron chi connectivity index (χ0n) is 16.5. The summed E-state index contributed by atoms with van der Waals surface area (Å²) < 4.78 is 37.6. The molecule has 1 spiro atoms. The Bertz CT molecular complexity index is 700. The molecule has 3 heterocycles. The number of aliphatic carboxylic acids is 1. The molecule has 1 aromatic heterocycles. The molecule has 7 nitrogen and oxygen atoms in total. The number of halogens is 3. The van der Waals surface area contributed by atoms with Crippen molar-refractivity contribution < 1.29 is 32.6 Å². The van der Waals surface area contributed by atoms with E-state index in [0.29, 0.717) is 6.61 Å². The molecule has 0 saturated carbocycles. The average Bonchev–Trinajstić information content (AvgIpc) is 3.04. The molecule has 162 valence electrons. The molecule has 0 radical (unpaired) electrons. The summed E-state index contributed by atoms with van der Waals surface area (Å²) in [4.78, 5) is 29.3. The minimum Gasteiger partial charge on any atom is -0.475 e. The molecule has 2 atom stereocenters. The maximum atomic E-state index is 12.1. The van der Waals surface area contributed by atoms with Crippen LogP contribution in [-0.2, 0) is 20.9 Å². The predicted molar refractivity (Wildman–Crippen MR) is 97.9 cm³/mol. The third kappa shape index (κ3) is 6.67. The van der Waals surface area contributed by atoms with Gasteiger partial charge in [-0.25, -0.2) is 4.79 Å². The highest BCUT2D eigenvalue weighted by Crippen LogP contribution is 2.41. The van der Waals surface area contributed by atoms with Gasteiger partial charge in [0.2, 0.25) is 0 Å². The Hall–Kier alpha value is -2.20. The summed E-state index contributed by atoms with van der Waals surface area (Å²) in [6.07, 6.45) is 1.59. The van der Waals surface area contributed by atoms with E-state index in [4.69, 9.17) is 14.6 Å². The van der Waals surface area contributed by atoms with Crippen LogP contribution in [0.25, 0.3) is 0 Å². The number of amides is 1. The van der Waals surface area contributed by atoms with Crippen LogP contribution in [0.15, 0.2) is 24.5 Å². The van der Waals surface area contributed by atoms with E-state index in [1.54, 1.807) is 19.0 Å². The molecule has 0 aromatic carbocycles. The number of ether oxygens (including phenoxy) is 1. The standard InChI is InChI=1S/C17H25N3O2.C2HF3O2/c1-19(2)16(21)15-9-17(13-22-15)6-4-8-20(12-17)11-14-5-3-7-18-10-14;3-2(4,5)1(6)7/h3,5,7,10,15H,4,6,8-9,11-13H2,1-2H3;(H,6,7). The first-order valence-corrected chi connectivity index (χ1v) is 9.27. The topological polar surface area (TPSA) is 83.0 Å². The molecule has 29 heavy (non-hydrogen) atoms. The van der Waals surface area contributed by atoms with Crippen molar-refractivity contribution in [3.63, 3.8) is 0 Å². The Morgan fingerprint density at radius 2 is 2.10 bits per heavy atom. The third-order valence-corrected chi connectivity index (χ3v) is 5.04. The van der Waals surface area contributed by atoms with E-state index in [9.17, 15) is 18.0 Å². The first kappa shape index (κ1) is 23.1. The highest BCUT2D eigenvalue weighted by Gasteiger charge is 2.45. The van der Waals surface area contributed by atoms with Crippen LogP contribution in [0.1, 0.15) is 24.8 Å². The van der Waals surface area contributed by atoms with Crippen molar-refractivity contribution in [3.05, 3.63) is 30.1 Å². The van der Waals surface area contributed by atoms with Gasteiger partial charge in [-0.3, -0.25) is 14.7 Å². The van der Waals surface area contributed by atoms with E-state index in [0.717, 1.165) is 32.5 Å². The first-order valence-electron chi connectivity index (χ1n) is 9.27. The smallest absolute Gasteiger partial charge is 0.475 e. The van der Waals surface area contributed by atoms with Crippen LogP contribution in [0.4, 0.5) is 13.2 Å². The zero-order chi connectivity index (χ0) is 21.7. The van der Waals surface area contributed by atoms with Crippen LogP contribution < -0.4 is 0 Å². The molecule has 0 bridgehead atoms. The number of hydrogen-bond donors (Lipinski definition) is 1. The van der Waals surface area contributed by atoms with Gasteiger partial charge in [0.1, 0.15) is 6.10 Å². The number of hydrogen-bond acceptors (Lipinski definition) is 5. The number of piperidine rings is 1. The number of pyridine rings is 1. The summed E-state index contributed by atoms with van der Waals surface area (Å²) in [6.45, 7) is 3.77. The summed E-state index contributed by atoms with van der Waals surface area (Å²) in [6, 6.07) is 4.11. The van der Waals surface area contributed by atoms with Gasteiger partial charge in [-0.15, -0.1) is 0 Å². The molecular formula is C19H26F3N3O4. The molecule has 3 rings (SSSR count). The number of likely N-dealkylation sites (tertiary alicyclic amines) is 1. The number of carboxylic acids is 1. The molecule has 2 aliphatic rings. The van der Waals surface area contributed by atoms with E-state index < -0.39 is 12.1 Å². The lowest BCUT2D eigenvalue weighted by atomic mass is 9.78. The molecule has 1 amide bonds. The minimum atomic E-state index is -5.08. The number of nitrogens with zero attached hydrogens (tertiary/aromatic N) is 3. The molecule has 2 aliphatic heterocycles. The first-order chi connectivity index (χ1) is 13.5. The van der Waals surface area contributed by atoms with Gasteiger partial charge in [-0.2, -0.15) is 13.2 Å². The summed E-state index contributed by atoms with van der Waals surface area (Å²) in [5.41, 5.74) is 1.40. The van der Waals surface area contributed by atoms with Crippen molar-refractivity contribution in [2.24, 2.45) is 5.41 Å². The Labute approximate surface area is 167 Å². The van der Waals surface area contributed by atoms with Crippen LogP contribution in [0.2, 0.25) is 0 Å². The fourth-order valence-corrected chi connectivity index (χ4v) is 3.71. The van der Waals surface area contributed by atoms with Gasteiger partial charge in [-0.1, -0.05) is 6.07 Å². The van der Waals surface area contributed by atoms with Gasteiger partial charge >= 0.3 is 12.1 Å². The van der Waals surface area contributed by atoms with E-state index in [1.807, 2.05) is 18.5 Å². The second-order valence-corrected chi connectivity index (χ2v) is 7.71. The fraction of sp³-hybridized carbons (Fsp3) is 0.632.